The van der Waals surface area contributed by atoms with Gasteiger partial charge in [0.1, 0.15) is 5.82 Å². The van der Waals surface area contributed by atoms with Crippen molar-refractivity contribution in [1.82, 2.24) is 9.78 Å². The summed E-state index contributed by atoms with van der Waals surface area (Å²) in [6.45, 7) is 5.99. The zero-order valence-electron chi connectivity index (χ0n) is 7.55. The molecule has 3 nitrogen and oxygen atoms in total. The van der Waals surface area contributed by atoms with Gasteiger partial charge in [0.2, 0.25) is 0 Å². The number of nitrogen functional groups attached to an aromatic ring is 1. The first-order valence-corrected chi connectivity index (χ1v) is 3.24. The minimum Gasteiger partial charge on any atom is -0.384 e. The van der Waals surface area contributed by atoms with Crippen molar-refractivity contribution < 1.29 is 1.37 Å². The fourth-order valence-corrected chi connectivity index (χ4v) is 0.809. The van der Waals surface area contributed by atoms with Crippen LogP contribution >= 0.6 is 0 Å². The molecule has 2 N–H and O–H groups in total. The Morgan fingerprint density at radius 2 is 2.30 bits per heavy atom. The molecule has 0 spiro atoms. The zero-order chi connectivity index (χ0) is 8.65. The first-order chi connectivity index (χ1) is 4.91. The second kappa shape index (κ2) is 2.01. The summed E-state index contributed by atoms with van der Waals surface area (Å²) in [6, 6.07) is 1.55. The molecule has 1 aromatic rings. The number of rotatable bonds is 0. The predicted molar refractivity (Wildman–Crippen MR) is 41.6 cm³/mol. The number of hydrogen-bond acceptors (Lipinski definition) is 2. The molecule has 1 rings (SSSR count). The van der Waals surface area contributed by atoms with Gasteiger partial charge in [-0.1, -0.05) is 0 Å². The second-order valence-corrected chi connectivity index (χ2v) is 3.28. The summed E-state index contributed by atoms with van der Waals surface area (Å²) in [5, 5.41) is 3.94. The Morgan fingerprint density at radius 3 is 2.50 bits per heavy atom. The van der Waals surface area contributed by atoms with Crippen LogP contribution in [0.4, 0.5) is 5.82 Å². The number of nitrogens with zero attached hydrogens (tertiary/aromatic N) is 2. The van der Waals surface area contributed by atoms with Crippen molar-refractivity contribution >= 4 is 5.82 Å². The molecular weight excluding hydrogens is 126 g/mol. The highest BCUT2D eigenvalue weighted by atomic mass is 15.3. The van der Waals surface area contributed by atoms with E-state index >= 15 is 0 Å². The molecule has 0 aromatic carbocycles. The van der Waals surface area contributed by atoms with E-state index < -0.39 is 0 Å². The van der Waals surface area contributed by atoms with Gasteiger partial charge in [-0.05, 0) is 26.8 Å². The summed E-state index contributed by atoms with van der Waals surface area (Å²) in [5.74, 6) is 0.544. The molecule has 1 aromatic heterocycles. The van der Waals surface area contributed by atoms with Gasteiger partial charge in [0.05, 0.1) is 13.1 Å². The van der Waals surface area contributed by atoms with Crippen LogP contribution in [0.1, 0.15) is 22.1 Å². The van der Waals surface area contributed by atoms with Crippen LogP contribution < -0.4 is 5.73 Å². The molecule has 0 aliphatic rings. The first kappa shape index (κ1) is 5.77. The minimum absolute atomic E-state index is 0.136. The van der Waals surface area contributed by atoms with E-state index in [9.17, 15) is 0 Å². The highest BCUT2D eigenvalue weighted by Crippen LogP contribution is 2.15. The molecule has 3 heteroatoms. The summed E-state index contributed by atoms with van der Waals surface area (Å²) in [6.07, 6.45) is 0.220. The molecule has 0 saturated carbocycles. The van der Waals surface area contributed by atoms with Crippen LogP contribution in [0.15, 0.2) is 12.2 Å². The largest absolute Gasteiger partial charge is 0.384 e. The molecule has 0 fully saturated rings. The summed E-state index contributed by atoms with van der Waals surface area (Å²) in [4.78, 5) is 0. The Morgan fingerprint density at radius 1 is 1.70 bits per heavy atom. The quantitative estimate of drug-likeness (QED) is 0.588. The van der Waals surface area contributed by atoms with Crippen LogP contribution in [0, 0.1) is 0 Å². The summed E-state index contributed by atoms with van der Waals surface area (Å²) >= 11 is 0. The number of nitrogens with two attached hydrogens (primary N) is 1. The lowest BCUT2D eigenvalue weighted by Crippen LogP contribution is -2.24. The standard InChI is InChI=1S/C7H13N3/c1-7(2,3)10-6(8)4-5-9-10/h4-5H,8H2,1-3H3/i5D. The third kappa shape index (κ3) is 1.12. The lowest BCUT2D eigenvalue weighted by Gasteiger charge is -2.20. The Kier molecular flexibility index (Phi) is 1.16. The summed E-state index contributed by atoms with van der Waals surface area (Å²) < 4.78 is 8.87. The van der Waals surface area contributed by atoms with E-state index in [-0.39, 0.29) is 11.7 Å². The van der Waals surface area contributed by atoms with Crippen LogP contribution in [-0.4, -0.2) is 9.78 Å². The van der Waals surface area contributed by atoms with Crippen molar-refractivity contribution in [2.75, 3.05) is 5.73 Å². The van der Waals surface area contributed by atoms with Gasteiger partial charge in [-0.3, -0.25) is 0 Å². The Balaban J connectivity index is 3.13. The van der Waals surface area contributed by atoms with Crippen molar-refractivity contribution in [2.45, 2.75) is 26.3 Å². The van der Waals surface area contributed by atoms with Gasteiger partial charge in [0, 0.05) is 0 Å². The molecule has 0 atom stereocenters. The highest BCUT2D eigenvalue weighted by molar-refractivity contribution is 5.27. The van der Waals surface area contributed by atoms with Crippen LogP contribution in [0.3, 0.4) is 0 Å². The van der Waals surface area contributed by atoms with E-state index in [1.54, 1.807) is 10.7 Å². The molecule has 1 heterocycles. The zero-order valence-corrected chi connectivity index (χ0v) is 6.55. The van der Waals surface area contributed by atoms with Gasteiger partial charge < -0.3 is 5.73 Å². The van der Waals surface area contributed by atoms with Gasteiger partial charge in [0.15, 0.2) is 0 Å². The molecule has 0 aliphatic carbocycles. The molecule has 10 heavy (non-hydrogen) atoms. The lowest BCUT2D eigenvalue weighted by atomic mass is 10.1. The number of aromatic nitrogens is 2. The topological polar surface area (TPSA) is 43.8 Å². The van der Waals surface area contributed by atoms with Gasteiger partial charge >= 0.3 is 0 Å². The average molecular weight is 140 g/mol. The maximum atomic E-state index is 7.22. The van der Waals surface area contributed by atoms with Gasteiger partial charge in [0.25, 0.3) is 0 Å². The molecule has 0 amide bonds. The minimum atomic E-state index is -0.136. The van der Waals surface area contributed by atoms with E-state index in [1.165, 1.54) is 0 Å². The lowest BCUT2D eigenvalue weighted by molar-refractivity contribution is 0.361. The summed E-state index contributed by atoms with van der Waals surface area (Å²) in [5.41, 5.74) is 5.47. The van der Waals surface area contributed by atoms with E-state index in [0.717, 1.165) is 0 Å². The molecule has 0 radical (unpaired) electrons. The Hall–Kier alpha value is -0.990. The molecule has 0 aliphatic heterocycles. The molecular formula is C7H13N3. The monoisotopic (exact) mass is 140 g/mol. The summed E-state index contributed by atoms with van der Waals surface area (Å²) in [7, 11) is 0. The van der Waals surface area contributed by atoms with Crippen molar-refractivity contribution in [2.24, 2.45) is 0 Å². The van der Waals surface area contributed by atoms with Gasteiger partial charge in [-0.2, -0.15) is 5.10 Å². The van der Waals surface area contributed by atoms with Crippen molar-refractivity contribution in [1.29, 1.82) is 0 Å². The number of hydrogen-bond donors (Lipinski definition) is 1. The fraction of sp³-hybridized carbons (Fsp3) is 0.571. The fourth-order valence-electron chi connectivity index (χ4n) is 0.809. The van der Waals surface area contributed by atoms with E-state index in [4.69, 9.17) is 7.10 Å². The van der Waals surface area contributed by atoms with E-state index in [2.05, 4.69) is 5.10 Å². The maximum absolute atomic E-state index is 7.22. The predicted octanol–water partition coefficient (Wildman–Crippen LogP) is 1.22. The average Bonchev–Trinajstić information content (AvgIpc) is 2.08. The smallest absolute Gasteiger partial charge is 0.122 e. The van der Waals surface area contributed by atoms with Crippen molar-refractivity contribution in [3.63, 3.8) is 0 Å². The molecule has 0 unspecified atom stereocenters. The molecule has 56 valence electrons. The van der Waals surface area contributed by atoms with E-state index in [0.29, 0.717) is 5.82 Å². The SMILES string of the molecule is [2H]c1cc(N)n(C(C)(C)C)n1. The molecule has 0 saturated heterocycles. The van der Waals surface area contributed by atoms with Crippen LogP contribution in [0.2, 0.25) is 0 Å². The van der Waals surface area contributed by atoms with Crippen molar-refractivity contribution in [3.8, 4) is 0 Å². The van der Waals surface area contributed by atoms with Crippen LogP contribution in [-0.2, 0) is 5.54 Å². The third-order valence-corrected chi connectivity index (χ3v) is 1.25. The van der Waals surface area contributed by atoms with Crippen LogP contribution in [0.25, 0.3) is 0 Å². The Bertz CT molecular complexity index is 259. The molecule has 0 bridgehead atoms. The normalized spacial score (nSPS) is 13.3. The van der Waals surface area contributed by atoms with E-state index in [1.807, 2.05) is 20.8 Å². The maximum Gasteiger partial charge on any atom is 0.122 e. The third-order valence-electron chi connectivity index (χ3n) is 1.25. The Labute approximate surface area is 62.2 Å². The van der Waals surface area contributed by atoms with Gasteiger partial charge in [-0.25, -0.2) is 4.68 Å². The van der Waals surface area contributed by atoms with Crippen LogP contribution in [0.5, 0.6) is 0 Å². The van der Waals surface area contributed by atoms with Crippen molar-refractivity contribution in [3.05, 3.63) is 12.2 Å². The second-order valence-electron chi connectivity index (χ2n) is 3.28. The first-order valence-electron chi connectivity index (χ1n) is 3.74. The number of anilines is 1. The van der Waals surface area contributed by atoms with Gasteiger partial charge in [-0.15, -0.1) is 0 Å². The highest BCUT2D eigenvalue weighted by Gasteiger charge is 2.14.